The summed E-state index contributed by atoms with van der Waals surface area (Å²) in [6.07, 6.45) is 0. The minimum Gasteiger partial charge on any atom is -0.397 e. The van der Waals surface area contributed by atoms with E-state index in [-0.39, 0.29) is 5.78 Å². The molecule has 0 aliphatic heterocycles. The quantitative estimate of drug-likeness (QED) is 0.491. The lowest BCUT2D eigenvalue weighted by Crippen LogP contribution is -2.14. The number of thiophene rings is 1. The first-order chi connectivity index (χ1) is 11.5. The average Bonchev–Trinajstić information content (AvgIpc) is 3.08. The zero-order chi connectivity index (χ0) is 17.3. The number of carbonyl (C=O) groups excluding carboxylic acids is 1. The molecule has 24 heavy (non-hydrogen) atoms. The molecular formula is C16H16ClN3OS3. The van der Waals surface area contributed by atoms with E-state index in [1.54, 1.807) is 36.0 Å². The van der Waals surface area contributed by atoms with Crippen LogP contribution in [-0.2, 0) is 0 Å². The molecule has 0 fully saturated rings. The van der Waals surface area contributed by atoms with Crippen molar-refractivity contribution in [3.63, 3.8) is 0 Å². The Kier molecular flexibility index (Phi) is 5.46. The first-order valence-electron chi connectivity index (χ1n) is 7.23. The van der Waals surface area contributed by atoms with Crippen LogP contribution in [0.15, 0.2) is 28.5 Å². The molecule has 2 N–H and O–H groups in total. The fourth-order valence-electron chi connectivity index (χ4n) is 2.14. The van der Waals surface area contributed by atoms with Crippen LogP contribution >= 0.6 is 46.2 Å². The Morgan fingerprint density at radius 1 is 1.33 bits per heavy atom. The number of nitrogens with two attached hydrogens (primary N) is 1. The van der Waals surface area contributed by atoms with Gasteiger partial charge in [0.1, 0.15) is 9.71 Å². The highest BCUT2D eigenvalue weighted by molar-refractivity contribution is 8.01. The van der Waals surface area contributed by atoms with Crippen LogP contribution < -0.4 is 5.73 Å². The summed E-state index contributed by atoms with van der Waals surface area (Å²) in [4.78, 5) is 16.2. The molecule has 3 aromatic rings. The zero-order valence-corrected chi connectivity index (χ0v) is 16.4. The number of nitrogens with zero attached hydrogens (tertiary/aromatic N) is 2. The molecule has 126 valence electrons. The number of benzene rings is 1. The topological polar surface area (TPSA) is 59.2 Å². The molecule has 2 heterocycles. The maximum Gasteiger partial charge on any atom is 0.205 e. The highest BCUT2D eigenvalue weighted by Gasteiger charge is 2.22. The Bertz CT molecular complexity index is 871. The third kappa shape index (κ3) is 3.60. The van der Waals surface area contributed by atoms with Gasteiger partial charge in [0.05, 0.1) is 15.3 Å². The summed E-state index contributed by atoms with van der Waals surface area (Å²) >= 11 is 10.4. The molecule has 8 heteroatoms. The van der Waals surface area contributed by atoms with Crippen molar-refractivity contribution in [2.24, 2.45) is 0 Å². The summed E-state index contributed by atoms with van der Waals surface area (Å²) in [6, 6.07) is 6.86. The van der Waals surface area contributed by atoms with Crippen LogP contribution in [0.2, 0.25) is 5.02 Å². The van der Waals surface area contributed by atoms with Gasteiger partial charge in [0.25, 0.3) is 0 Å². The number of fused-ring (bicyclic) bond motifs is 1. The predicted molar refractivity (Wildman–Crippen MR) is 106 cm³/mol. The molecule has 0 atom stereocenters. The van der Waals surface area contributed by atoms with Gasteiger partial charge in [-0.3, -0.25) is 4.79 Å². The minimum atomic E-state index is -0.0820. The molecule has 0 bridgehead atoms. The molecule has 0 spiro atoms. The number of anilines is 1. The van der Waals surface area contributed by atoms with E-state index >= 15 is 0 Å². The van der Waals surface area contributed by atoms with Crippen molar-refractivity contribution in [1.82, 2.24) is 9.27 Å². The second kappa shape index (κ2) is 7.41. The second-order valence-corrected chi connectivity index (χ2v) is 9.06. The van der Waals surface area contributed by atoms with Crippen molar-refractivity contribution in [1.29, 1.82) is 0 Å². The fourth-order valence-corrected chi connectivity index (χ4v) is 5.71. The van der Waals surface area contributed by atoms with Crippen LogP contribution in [0.4, 0.5) is 5.69 Å². The lowest BCUT2D eigenvalue weighted by atomic mass is 10.1. The molecule has 0 amide bonds. The van der Waals surface area contributed by atoms with Crippen molar-refractivity contribution in [3.8, 4) is 0 Å². The van der Waals surface area contributed by atoms with E-state index in [1.165, 1.54) is 22.9 Å². The van der Waals surface area contributed by atoms with E-state index < -0.39 is 0 Å². The molecule has 0 unspecified atom stereocenters. The van der Waals surface area contributed by atoms with Crippen LogP contribution in [0, 0.1) is 0 Å². The lowest BCUT2D eigenvalue weighted by Gasteiger charge is -2.07. The van der Waals surface area contributed by atoms with E-state index in [4.69, 9.17) is 17.3 Å². The highest BCUT2D eigenvalue weighted by atomic mass is 35.5. The molecule has 0 aliphatic carbocycles. The Balaban J connectivity index is 1.90. The van der Waals surface area contributed by atoms with Gasteiger partial charge in [0, 0.05) is 22.9 Å². The number of carbonyl (C=O) groups is 1. The van der Waals surface area contributed by atoms with E-state index in [2.05, 4.69) is 9.27 Å². The summed E-state index contributed by atoms with van der Waals surface area (Å²) < 4.78 is 5.54. The van der Waals surface area contributed by atoms with E-state index in [0.717, 1.165) is 26.7 Å². The number of nitrogen functional groups attached to an aromatic ring is 1. The Morgan fingerprint density at radius 2 is 2.04 bits per heavy atom. The number of thioether (sulfide) groups is 1. The Hall–Kier alpha value is -1.12. The Morgan fingerprint density at radius 3 is 2.71 bits per heavy atom. The highest BCUT2D eigenvalue weighted by Crippen LogP contribution is 2.42. The van der Waals surface area contributed by atoms with Crippen molar-refractivity contribution in [2.45, 2.75) is 4.21 Å². The third-order valence-corrected chi connectivity index (χ3v) is 6.97. The predicted octanol–water partition coefficient (Wildman–Crippen LogP) is 4.48. The number of halogens is 1. The van der Waals surface area contributed by atoms with Crippen LogP contribution in [0.3, 0.4) is 0 Å². The van der Waals surface area contributed by atoms with Gasteiger partial charge in [-0.15, -0.1) is 23.1 Å². The molecule has 0 radical (unpaired) electrons. The molecular weight excluding hydrogens is 382 g/mol. The SMILES string of the molecule is CN(C)CCSc1snc2sc(C(=O)c3ccc(Cl)cc3)c(N)c12. The van der Waals surface area contributed by atoms with Crippen molar-refractivity contribution >= 4 is 67.9 Å². The summed E-state index contributed by atoms with van der Waals surface area (Å²) in [5.41, 5.74) is 7.41. The monoisotopic (exact) mass is 397 g/mol. The van der Waals surface area contributed by atoms with Gasteiger partial charge in [-0.1, -0.05) is 11.6 Å². The van der Waals surface area contributed by atoms with Crippen molar-refractivity contribution in [3.05, 3.63) is 39.7 Å². The first kappa shape index (κ1) is 17.7. The lowest BCUT2D eigenvalue weighted by molar-refractivity contribution is 0.104. The molecule has 4 nitrogen and oxygen atoms in total. The maximum atomic E-state index is 12.7. The number of hydrogen-bond acceptors (Lipinski definition) is 7. The van der Waals surface area contributed by atoms with E-state index in [1.807, 2.05) is 14.1 Å². The van der Waals surface area contributed by atoms with Crippen LogP contribution in [0.5, 0.6) is 0 Å². The van der Waals surface area contributed by atoms with Crippen molar-refractivity contribution in [2.75, 3.05) is 32.1 Å². The van der Waals surface area contributed by atoms with Gasteiger partial charge in [0.15, 0.2) is 0 Å². The van der Waals surface area contributed by atoms with Gasteiger partial charge in [-0.2, -0.15) is 4.37 Å². The summed E-state index contributed by atoms with van der Waals surface area (Å²) in [5.74, 6) is 0.876. The van der Waals surface area contributed by atoms with Gasteiger partial charge in [0.2, 0.25) is 5.78 Å². The maximum absolute atomic E-state index is 12.7. The van der Waals surface area contributed by atoms with Crippen LogP contribution in [0.25, 0.3) is 10.2 Å². The molecule has 2 aromatic heterocycles. The number of rotatable bonds is 6. The second-order valence-electron chi connectivity index (χ2n) is 5.48. The number of ketones is 1. The standard InChI is InChI=1S/C16H16ClN3OS3/c1-20(2)7-8-22-16-11-12(18)14(23-15(11)19-24-16)13(21)9-3-5-10(17)6-4-9/h3-6H,7-8,18H2,1-2H3. The summed E-state index contributed by atoms with van der Waals surface area (Å²) in [7, 11) is 4.09. The normalized spacial score (nSPS) is 11.5. The summed E-state index contributed by atoms with van der Waals surface area (Å²) in [5, 5.41) is 1.53. The molecule has 0 saturated carbocycles. The van der Waals surface area contributed by atoms with Gasteiger partial charge < -0.3 is 10.6 Å². The minimum absolute atomic E-state index is 0.0820. The van der Waals surface area contributed by atoms with E-state index in [0.29, 0.717) is 21.2 Å². The zero-order valence-electron chi connectivity index (χ0n) is 13.2. The molecule has 1 aromatic carbocycles. The fraction of sp³-hybridized carbons (Fsp3) is 0.250. The Labute approximate surface area is 157 Å². The summed E-state index contributed by atoms with van der Waals surface area (Å²) in [6.45, 7) is 0.977. The van der Waals surface area contributed by atoms with Crippen LogP contribution in [0.1, 0.15) is 15.2 Å². The smallest absolute Gasteiger partial charge is 0.205 e. The largest absolute Gasteiger partial charge is 0.397 e. The van der Waals surface area contributed by atoms with Gasteiger partial charge in [-0.05, 0) is 49.9 Å². The molecule has 0 saturated heterocycles. The van der Waals surface area contributed by atoms with Crippen molar-refractivity contribution < 1.29 is 4.79 Å². The van der Waals surface area contributed by atoms with Gasteiger partial charge in [-0.25, -0.2) is 0 Å². The number of aromatic nitrogens is 1. The number of hydrogen-bond donors (Lipinski definition) is 1. The van der Waals surface area contributed by atoms with Gasteiger partial charge >= 0.3 is 0 Å². The third-order valence-electron chi connectivity index (χ3n) is 3.43. The average molecular weight is 398 g/mol. The van der Waals surface area contributed by atoms with E-state index in [9.17, 15) is 4.79 Å². The van der Waals surface area contributed by atoms with Crippen LogP contribution in [-0.4, -0.2) is 41.4 Å². The molecule has 0 aliphatic rings. The first-order valence-corrected chi connectivity index (χ1v) is 10.2. The molecule has 3 rings (SSSR count).